The molecule has 72 valence electrons. The fraction of sp³-hybridized carbons (Fsp3) is 0.444. The smallest absolute Gasteiger partial charge is 0.133 e. The van der Waals surface area contributed by atoms with E-state index in [1.165, 1.54) is 0 Å². The van der Waals surface area contributed by atoms with Crippen molar-refractivity contribution in [2.75, 3.05) is 25.5 Å². The Bertz CT molecular complexity index is 275. The van der Waals surface area contributed by atoms with Crippen molar-refractivity contribution in [3.63, 3.8) is 0 Å². The molecule has 4 nitrogen and oxygen atoms in total. The molecule has 0 aliphatic rings. The highest BCUT2D eigenvalue weighted by atomic mass is 16.3. The van der Waals surface area contributed by atoms with E-state index < -0.39 is 6.10 Å². The molecule has 0 bridgehead atoms. The second-order valence-electron chi connectivity index (χ2n) is 3.06. The Hall–Kier alpha value is -1.13. The molecule has 0 aliphatic heterocycles. The van der Waals surface area contributed by atoms with Gasteiger partial charge in [-0.2, -0.15) is 0 Å². The lowest BCUT2D eigenvalue weighted by Gasteiger charge is -2.18. The zero-order valence-corrected chi connectivity index (χ0v) is 7.94. The Labute approximate surface area is 78.0 Å². The van der Waals surface area contributed by atoms with Crippen LogP contribution in [-0.2, 0) is 0 Å². The Kier molecular flexibility index (Phi) is 3.22. The largest absolute Gasteiger partial charge is 0.387 e. The quantitative estimate of drug-likeness (QED) is 0.696. The number of hydrogen-bond donors (Lipinski definition) is 2. The summed E-state index contributed by atoms with van der Waals surface area (Å²) in [6, 6.07) is 3.63. The Balaban J connectivity index is 3.04. The van der Waals surface area contributed by atoms with Crippen LogP contribution in [0.25, 0.3) is 0 Å². The van der Waals surface area contributed by atoms with Crippen LogP contribution in [0.3, 0.4) is 0 Å². The molecule has 0 fully saturated rings. The maximum Gasteiger partial charge on any atom is 0.133 e. The zero-order chi connectivity index (χ0) is 9.84. The predicted octanol–water partition coefficient (Wildman–Crippen LogP) is 0.140. The second kappa shape index (κ2) is 4.20. The van der Waals surface area contributed by atoms with Crippen molar-refractivity contribution in [3.05, 3.63) is 23.9 Å². The van der Waals surface area contributed by atoms with Crippen LogP contribution in [0, 0.1) is 0 Å². The van der Waals surface area contributed by atoms with Crippen molar-refractivity contribution >= 4 is 5.82 Å². The van der Waals surface area contributed by atoms with Gasteiger partial charge in [-0.25, -0.2) is 4.98 Å². The molecule has 1 aromatic rings. The summed E-state index contributed by atoms with van der Waals surface area (Å²) < 4.78 is 0. The van der Waals surface area contributed by atoms with Gasteiger partial charge in [-0.15, -0.1) is 0 Å². The van der Waals surface area contributed by atoms with Crippen molar-refractivity contribution in [2.45, 2.75) is 6.10 Å². The number of rotatable bonds is 3. The molecule has 0 unspecified atom stereocenters. The van der Waals surface area contributed by atoms with Crippen molar-refractivity contribution in [2.24, 2.45) is 5.73 Å². The molecule has 0 aromatic carbocycles. The predicted molar refractivity (Wildman–Crippen MR) is 52.6 cm³/mol. The summed E-state index contributed by atoms with van der Waals surface area (Å²) in [5.41, 5.74) is 6.15. The fourth-order valence-corrected chi connectivity index (χ4v) is 1.17. The van der Waals surface area contributed by atoms with Crippen molar-refractivity contribution in [1.82, 2.24) is 4.98 Å². The van der Waals surface area contributed by atoms with Gasteiger partial charge in [0.2, 0.25) is 0 Å². The van der Waals surface area contributed by atoms with Crippen molar-refractivity contribution in [3.8, 4) is 0 Å². The van der Waals surface area contributed by atoms with Gasteiger partial charge in [0.05, 0.1) is 6.10 Å². The van der Waals surface area contributed by atoms with E-state index in [1.807, 2.05) is 25.1 Å². The van der Waals surface area contributed by atoms with Crippen LogP contribution in [0.5, 0.6) is 0 Å². The van der Waals surface area contributed by atoms with E-state index in [0.717, 1.165) is 11.4 Å². The summed E-state index contributed by atoms with van der Waals surface area (Å²) >= 11 is 0. The lowest BCUT2D eigenvalue weighted by Crippen LogP contribution is -2.18. The molecule has 13 heavy (non-hydrogen) atoms. The number of anilines is 1. The molecule has 0 amide bonds. The third kappa shape index (κ3) is 2.17. The third-order valence-corrected chi connectivity index (χ3v) is 1.82. The number of aliphatic hydroxyl groups is 1. The van der Waals surface area contributed by atoms with E-state index in [2.05, 4.69) is 4.98 Å². The normalized spacial score (nSPS) is 12.6. The monoisotopic (exact) mass is 181 g/mol. The summed E-state index contributed by atoms with van der Waals surface area (Å²) in [4.78, 5) is 6.01. The van der Waals surface area contributed by atoms with Crippen LogP contribution in [-0.4, -0.2) is 30.7 Å². The third-order valence-electron chi connectivity index (χ3n) is 1.82. The Morgan fingerprint density at radius 2 is 2.31 bits per heavy atom. The van der Waals surface area contributed by atoms with Gasteiger partial charge in [0.15, 0.2) is 0 Å². The van der Waals surface area contributed by atoms with Gasteiger partial charge in [-0.3, -0.25) is 0 Å². The first-order chi connectivity index (χ1) is 6.16. The van der Waals surface area contributed by atoms with Gasteiger partial charge < -0.3 is 15.7 Å². The van der Waals surface area contributed by atoms with Crippen LogP contribution in [0.15, 0.2) is 18.3 Å². The Morgan fingerprint density at radius 3 is 2.85 bits per heavy atom. The van der Waals surface area contributed by atoms with E-state index in [-0.39, 0.29) is 6.54 Å². The van der Waals surface area contributed by atoms with E-state index >= 15 is 0 Å². The van der Waals surface area contributed by atoms with Gasteiger partial charge in [-0.1, -0.05) is 6.07 Å². The molecule has 1 rings (SSSR count). The fourth-order valence-electron chi connectivity index (χ4n) is 1.17. The van der Waals surface area contributed by atoms with Crippen LogP contribution < -0.4 is 10.6 Å². The minimum atomic E-state index is -0.633. The average Bonchev–Trinajstić information content (AvgIpc) is 2.16. The molecule has 4 heteroatoms. The number of pyridine rings is 1. The highest BCUT2D eigenvalue weighted by Gasteiger charge is 2.12. The molecular weight excluding hydrogens is 166 g/mol. The molecule has 3 N–H and O–H groups in total. The highest BCUT2D eigenvalue weighted by molar-refractivity contribution is 5.46. The standard InChI is InChI=1S/C9H15N3O/c1-12(2)9-7(8(13)6-10)4-3-5-11-9/h3-5,8,13H,6,10H2,1-2H3/t8-/m0/s1. The van der Waals surface area contributed by atoms with Gasteiger partial charge in [0.1, 0.15) is 5.82 Å². The topological polar surface area (TPSA) is 62.4 Å². The number of nitrogens with two attached hydrogens (primary N) is 1. The van der Waals surface area contributed by atoms with Crippen molar-refractivity contribution < 1.29 is 5.11 Å². The summed E-state index contributed by atoms with van der Waals surface area (Å²) in [5.74, 6) is 0.764. The molecule has 0 aliphatic carbocycles. The molecule has 1 heterocycles. The highest BCUT2D eigenvalue weighted by Crippen LogP contribution is 2.21. The summed E-state index contributed by atoms with van der Waals surface area (Å²) in [6.07, 6.45) is 1.06. The molecule has 1 aromatic heterocycles. The van der Waals surface area contributed by atoms with E-state index in [0.29, 0.717) is 0 Å². The summed E-state index contributed by atoms with van der Waals surface area (Å²) in [5, 5.41) is 9.57. The molecule has 1 atom stereocenters. The molecular formula is C9H15N3O. The molecule has 0 spiro atoms. The number of hydrogen-bond acceptors (Lipinski definition) is 4. The van der Waals surface area contributed by atoms with Gasteiger partial charge in [0.25, 0.3) is 0 Å². The van der Waals surface area contributed by atoms with Gasteiger partial charge >= 0.3 is 0 Å². The number of aromatic nitrogens is 1. The molecule has 0 saturated heterocycles. The zero-order valence-electron chi connectivity index (χ0n) is 7.94. The summed E-state index contributed by atoms with van der Waals surface area (Å²) in [6.45, 7) is 0.215. The van der Waals surface area contributed by atoms with Crippen LogP contribution in [0.4, 0.5) is 5.82 Å². The first kappa shape index (κ1) is 9.95. The molecule has 0 saturated carbocycles. The lowest BCUT2D eigenvalue weighted by atomic mass is 10.1. The molecule has 0 radical (unpaired) electrons. The number of nitrogens with zero attached hydrogens (tertiary/aromatic N) is 2. The van der Waals surface area contributed by atoms with Crippen LogP contribution in [0.1, 0.15) is 11.7 Å². The minimum Gasteiger partial charge on any atom is -0.387 e. The SMILES string of the molecule is CN(C)c1ncccc1[C@@H](O)CN. The second-order valence-corrected chi connectivity index (χ2v) is 3.06. The Morgan fingerprint density at radius 1 is 1.62 bits per heavy atom. The first-order valence-corrected chi connectivity index (χ1v) is 4.17. The lowest BCUT2D eigenvalue weighted by molar-refractivity contribution is 0.187. The van der Waals surface area contributed by atoms with Gasteiger partial charge in [0, 0.05) is 32.4 Å². The maximum absolute atomic E-state index is 9.57. The van der Waals surface area contributed by atoms with Crippen molar-refractivity contribution in [1.29, 1.82) is 0 Å². The van der Waals surface area contributed by atoms with E-state index in [4.69, 9.17) is 5.73 Å². The van der Waals surface area contributed by atoms with E-state index in [1.54, 1.807) is 12.3 Å². The van der Waals surface area contributed by atoms with Gasteiger partial charge in [-0.05, 0) is 6.07 Å². The van der Waals surface area contributed by atoms with E-state index in [9.17, 15) is 5.11 Å². The van der Waals surface area contributed by atoms with Crippen LogP contribution >= 0.6 is 0 Å². The average molecular weight is 181 g/mol. The summed E-state index contributed by atoms with van der Waals surface area (Å²) in [7, 11) is 3.77. The van der Waals surface area contributed by atoms with Crippen LogP contribution in [0.2, 0.25) is 0 Å². The maximum atomic E-state index is 9.57. The number of aliphatic hydroxyl groups excluding tert-OH is 1. The first-order valence-electron chi connectivity index (χ1n) is 4.17. The minimum absolute atomic E-state index is 0.215.